The zero-order valence-corrected chi connectivity index (χ0v) is 15.3. The fraction of sp³-hybridized carbons (Fsp3) is 0.474. The number of hydrogen-bond donors (Lipinski definition) is 0. The first-order valence-corrected chi connectivity index (χ1v) is 8.13. The van der Waals surface area contributed by atoms with Crippen LogP contribution in [0.25, 0.3) is 0 Å². The molecule has 1 aromatic carbocycles. The molecule has 0 saturated heterocycles. The van der Waals surface area contributed by atoms with Gasteiger partial charge < -0.3 is 9.26 Å². The normalized spacial score (nSPS) is 12.5. The molecule has 2 aromatic rings. The van der Waals surface area contributed by atoms with Gasteiger partial charge in [-0.15, -0.1) is 0 Å². The molecule has 24 heavy (non-hydrogen) atoms. The molecule has 0 spiro atoms. The monoisotopic (exact) mass is 330 g/mol. The maximum Gasteiger partial charge on any atom is 0.302 e. The molecular formula is C19H26N2O3. The molecule has 1 atom stereocenters. The Balaban J connectivity index is 2.25. The molecule has 0 saturated carbocycles. The molecule has 0 bridgehead atoms. The van der Waals surface area contributed by atoms with E-state index >= 15 is 0 Å². The molecule has 0 N–H and O–H groups in total. The third-order valence-corrected chi connectivity index (χ3v) is 4.66. The molecule has 1 aromatic heterocycles. The molecule has 0 radical (unpaired) electrons. The average molecular weight is 330 g/mol. The molecule has 2 rings (SSSR count). The van der Waals surface area contributed by atoms with Gasteiger partial charge in [-0.05, 0) is 62.6 Å². The van der Waals surface area contributed by atoms with Gasteiger partial charge >= 0.3 is 5.97 Å². The summed E-state index contributed by atoms with van der Waals surface area (Å²) < 4.78 is 10.2. The molecule has 0 fully saturated rings. The van der Waals surface area contributed by atoms with Crippen LogP contribution in [0.5, 0.6) is 0 Å². The summed E-state index contributed by atoms with van der Waals surface area (Å²) >= 11 is 0. The Morgan fingerprint density at radius 1 is 1.29 bits per heavy atom. The number of rotatable bonds is 6. The van der Waals surface area contributed by atoms with Gasteiger partial charge in [0.15, 0.2) is 0 Å². The number of carbonyl (C=O) groups excluding carboxylic acids is 1. The molecule has 0 aliphatic rings. The van der Waals surface area contributed by atoms with Gasteiger partial charge in [0.05, 0.1) is 6.04 Å². The molecule has 5 heteroatoms. The summed E-state index contributed by atoms with van der Waals surface area (Å²) in [4.78, 5) is 13.4. The van der Waals surface area contributed by atoms with E-state index < -0.39 is 0 Å². The Bertz CT molecular complexity index is 708. The molecule has 1 heterocycles. The van der Waals surface area contributed by atoms with Crippen LogP contribution in [-0.2, 0) is 22.7 Å². The standard InChI is InChI=1S/C19H26N2O3/c1-12-9-13(2)18(11-23-16(5)22)14(3)17(12)10-21(6)15(4)19-7-8-24-20-19/h7-9,15H,10-11H2,1-6H3/t15-/m0/s1. The summed E-state index contributed by atoms with van der Waals surface area (Å²) in [5.41, 5.74) is 6.86. The molecule has 130 valence electrons. The van der Waals surface area contributed by atoms with Gasteiger partial charge in [0, 0.05) is 19.5 Å². The Labute approximate surface area is 143 Å². The summed E-state index contributed by atoms with van der Waals surface area (Å²) in [5, 5.41) is 4.03. The number of benzene rings is 1. The lowest BCUT2D eigenvalue weighted by Crippen LogP contribution is -2.23. The van der Waals surface area contributed by atoms with Crippen molar-refractivity contribution in [3.8, 4) is 0 Å². The maximum atomic E-state index is 11.1. The smallest absolute Gasteiger partial charge is 0.302 e. The van der Waals surface area contributed by atoms with Gasteiger partial charge in [-0.1, -0.05) is 11.2 Å². The SMILES string of the molecule is CC(=O)OCc1c(C)cc(C)c(CN(C)[C@@H](C)c2ccon2)c1C. The predicted molar refractivity (Wildman–Crippen MR) is 92.5 cm³/mol. The van der Waals surface area contributed by atoms with E-state index in [2.05, 4.69) is 50.9 Å². The lowest BCUT2D eigenvalue weighted by atomic mass is 9.93. The number of aromatic nitrogens is 1. The first-order chi connectivity index (χ1) is 11.3. The van der Waals surface area contributed by atoms with Gasteiger partial charge in [0.2, 0.25) is 0 Å². The van der Waals surface area contributed by atoms with Crippen molar-refractivity contribution >= 4 is 5.97 Å². The van der Waals surface area contributed by atoms with Crippen LogP contribution in [-0.4, -0.2) is 23.1 Å². The van der Waals surface area contributed by atoms with Crippen LogP contribution in [0, 0.1) is 20.8 Å². The van der Waals surface area contributed by atoms with Crippen LogP contribution in [0.2, 0.25) is 0 Å². The van der Waals surface area contributed by atoms with E-state index in [1.54, 1.807) is 6.26 Å². The van der Waals surface area contributed by atoms with Crippen LogP contribution in [0.15, 0.2) is 22.9 Å². The summed E-state index contributed by atoms with van der Waals surface area (Å²) in [6, 6.07) is 4.21. The Morgan fingerprint density at radius 3 is 2.54 bits per heavy atom. The molecule has 0 aliphatic heterocycles. The number of ether oxygens (including phenoxy) is 1. The maximum absolute atomic E-state index is 11.1. The van der Waals surface area contributed by atoms with Crippen LogP contribution in [0.1, 0.15) is 53.4 Å². The zero-order valence-electron chi connectivity index (χ0n) is 15.3. The second-order valence-electron chi connectivity index (χ2n) is 6.39. The van der Waals surface area contributed by atoms with Crippen molar-refractivity contribution in [1.82, 2.24) is 10.1 Å². The first kappa shape index (κ1) is 18.2. The number of aryl methyl sites for hydroxylation is 2. The van der Waals surface area contributed by atoms with Crippen molar-refractivity contribution in [3.05, 3.63) is 51.9 Å². The lowest BCUT2D eigenvalue weighted by molar-refractivity contribution is -0.142. The van der Waals surface area contributed by atoms with Crippen molar-refractivity contribution in [1.29, 1.82) is 0 Å². The van der Waals surface area contributed by atoms with Crippen LogP contribution in [0.4, 0.5) is 0 Å². The highest BCUT2D eigenvalue weighted by molar-refractivity contribution is 5.66. The van der Waals surface area contributed by atoms with Crippen molar-refractivity contribution < 1.29 is 14.1 Å². The van der Waals surface area contributed by atoms with Crippen molar-refractivity contribution in [2.24, 2.45) is 0 Å². The zero-order chi connectivity index (χ0) is 17.9. The largest absolute Gasteiger partial charge is 0.461 e. The summed E-state index contributed by atoms with van der Waals surface area (Å²) in [6.07, 6.45) is 1.60. The fourth-order valence-electron chi connectivity index (χ4n) is 2.96. The van der Waals surface area contributed by atoms with Gasteiger partial charge in [-0.2, -0.15) is 0 Å². The Hall–Kier alpha value is -2.14. The van der Waals surface area contributed by atoms with E-state index in [4.69, 9.17) is 9.26 Å². The minimum Gasteiger partial charge on any atom is -0.461 e. The average Bonchev–Trinajstić information content (AvgIpc) is 3.04. The molecule has 0 unspecified atom stereocenters. The highest BCUT2D eigenvalue weighted by Crippen LogP contribution is 2.27. The minimum atomic E-state index is -0.257. The second kappa shape index (κ2) is 7.62. The van der Waals surface area contributed by atoms with Gasteiger partial charge in [0.25, 0.3) is 0 Å². The van der Waals surface area contributed by atoms with Crippen molar-refractivity contribution in [2.45, 2.75) is 53.8 Å². The summed E-state index contributed by atoms with van der Waals surface area (Å²) in [5.74, 6) is -0.257. The highest BCUT2D eigenvalue weighted by Gasteiger charge is 2.18. The topological polar surface area (TPSA) is 55.6 Å². The minimum absolute atomic E-state index is 0.153. The van der Waals surface area contributed by atoms with E-state index in [-0.39, 0.29) is 12.0 Å². The number of carbonyl (C=O) groups is 1. The van der Waals surface area contributed by atoms with Gasteiger partial charge in [-0.25, -0.2) is 0 Å². The Morgan fingerprint density at radius 2 is 1.96 bits per heavy atom. The van der Waals surface area contributed by atoms with E-state index in [0.29, 0.717) is 6.61 Å². The van der Waals surface area contributed by atoms with Crippen LogP contribution >= 0.6 is 0 Å². The predicted octanol–water partition coefficient (Wildman–Crippen LogP) is 3.86. The number of nitrogens with zero attached hydrogens (tertiary/aromatic N) is 2. The third-order valence-electron chi connectivity index (χ3n) is 4.66. The van der Waals surface area contributed by atoms with E-state index in [0.717, 1.165) is 23.4 Å². The van der Waals surface area contributed by atoms with E-state index in [1.807, 2.05) is 6.07 Å². The van der Waals surface area contributed by atoms with Crippen molar-refractivity contribution in [2.75, 3.05) is 7.05 Å². The molecule has 5 nitrogen and oxygen atoms in total. The first-order valence-electron chi connectivity index (χ1n) is 8.13. The van der Waals surface area contributed by atoms with Crippen molar-refractivity contribution in [3.63, 3.8) is 0 Å². The lowest BCUT2D eigenvalue weighted by Gasteiger charge is -2.26. The van der Waals surface area contributed by atoms with Crippen LogP contribution < -0.4 is 0 Å². The van der Waals surface area contributed by atoms with E-state index in [1.165, 1.54) is 23.6 Å². The van der Waals surface area contributed by atoms with Gasteiger partial charge in [-0.3, -0.25) is 9.69 Å². The number of hydrogen-bond acceptors (Lipinski definition) is 5. The summed E-state index contributed by atoms with van der Waals surface area (Å²) in [6.45, 7) is 10.9. The quantitative estimate of drug-likeness (QED) is 0.753. The summed E-state index contributed by atoms with van der Waals surface area (Å²) in [7, 11) is 2.07. The molecule has 0 aliphatic carbocycles. The van der Waals surface area contributed by atoms with Gasteiger partial charge in [0.1, 0.15) is 18.6 Å². The fourth-order valence-corrected chi connectivity index (χ4v) is 2.96. The van der Waals surface area contributed by atoms with Crippen LogP contribution in [0.3, 0.4) is 0 Å². The highest BCUT2D eigenvalue weighted by atomic mass is 16.5. The van der Waals surface area contributed by atoms with E-state index in [9.17, 15) is 4.79 Å². The molecule has 0 amide bonds. The Kier molecular flexibility index (Phi) is 5.78. The third kappa shape index (κ3) is 4.03. The second-order valence-corrected chi connectivity index (χ2v) is 6.39. The number of esters is 1. The molecular weight excluding hydrogens is 304 g/mol.